The minimum absolute atomic E-state index is 0.528. The van der Waals surface area contributed by atoms with Crippen LogP contribution in [0, 0.1) is 0 Å². The summed E-state index contributed by atoms with van der Waals surface area (Å²) in [6, 6.07) is 8.67. The fourth-order valence-electron chi connectivity index (χ4n) is 1.73. The lowest BCUT2D eigenvalue weighted by molar-refractivity contribution is 0.550. The van der Waals surface area contributed by atoms with Gasteiger partial charge in [0.2, 0.25) is 0 Å². The van der Waals surface area contributed by atoms with Crippen molar-refractivity contribution in [1.29, 1.82) is 0 Å². The summed E-state index contributed by atoms with van der Waals surface area (Å²) < 4.78 is 0. The Morgan fingerprint density at radius 1 is 1.29 bits per heavy atom. The van der Waals surface area contributed by atoms with Gasteiger partial charge >= 0.3 is 0 Å². The van der Waals surface area contributed by atoms with Crippen molar-refractivity contribution in [2.75, 3.05) is 18.1 Å². The van der Waals surface area contributed by atoms with Gasteiger partial charge < -0.3 is 5.32 Å². The molecule has 1 aromatic carbocycles. The highest BCUT2D eigenvalue weighted by Gasteiger charge is 2.10. The third kappa shape index (κ3) is 5.80. The van der Waals surface area contributed by atoms with Gasteiger partial charge in [0.15, 0.2) is 0 Å². The summed E-state index contributed by atoms with van der Waals surface area (Å²) in [5, 5.41) is 4.49. The molecule has 0 aliphatic carbocycles. The third-order valence-corrected chi connectivity index (χ3v) is 4.05. The van der Waals surface area contributed by atoms with E-state index in [1.807, 2.05) is 23.9 Å². The van der Waals surface area contributed by atoms with Crippen LogP contribution in [0.4, 0.5) is 0 Å². The quantitative estimate of drug-likeness (QED) is 0.767. The van der Waals surface area contributed by atoms with E-state index in [2.05, 4.69) is 31.3 Å². The molecule has 1 aromatic rings. The summed E-state index contributed by atoms with van der Waals surface area (Å²) in [6.07, 6.45) is 2.20. The average Bonchev–Trinajstić information content (AvgIpc) is 2.35. The smallest absolute Gasteiger partial charge is 0.0438 e. The number of hydrogen-bond donors (Lipinski definition) is 1. The van der Waals surface area contributed by atoms with Crippen LogP contribution in [0.2, 0.25) is 5.02 Å². The first kappa shape index (κ1) is 14.9. The lowest BCUT2D eigenvalue weighted by Gasteiger charge is -2.18. The molecule has 1 rings (SSSR count). The van der Waals surface area contributed by atoms with Gasteiger partial charge in [-0.15, -0.1) is 0 Å². The van der Waals surface area contributed by atoms with Crippen molar-refractivity contribution in [3.8, 4) is 0 Å². The van der Waals surface area contributed by atoms with E-state index in [4.69, 9.17) is 11.6 Å². The summed E-state index contributed by atoms with van der Waals surface area (Å²) >= 11 is 8.19. The van der Waals surface area contributed by atoms with Gasteiger partial charge in [0.25, 0.3) is 0 Å². The lowest BCUT2D eigenvalue weighted by atomic mass is 10.1. The lowest BCUT2D eigenvalue weighted by Crippen LogP contribution is -2.34. The van der Waals surface area contributed by atoms with Gasteiger partial charge in [-0.1, -0.05) is 43.6 Å². The van der Waals surface area contributed by atoms with Crippen LogP contribution in [0.25, 0.3) is 0 Å². The molecule has 0 saturated heterocycles. The van der Waals surface area contributed by atoms with Crippen LogP contribution in [0.3, 0.4) is 0 Å². The van der Waals surface area contributed by atoms with Crippen LogP contribution in [0.15, 0.2) is 24.3 Å². The monoisotopic (exact) mass is 271 g/mol. The Balaban J connectivity index is 2.55. The maximum absolute atomic E-state index is 6.20. The topological polar surface area (TPSA) is 12.0 Å². The highest BCUT2D eigenvalue weighted by Crippen LogP contribution is 2.18. The van der Waals surface area contributed by atoms with Crippen molar-refractivity contribution >= 4 is 23.4 Å². The van der Waals surface area contributed by atoms with Gasteiger partial charge in [-0.05, 0) is 36.8 Å². The molecule has 0 aromatic heterocycles. The van der Waals surface area contributed by atoms with Crippen LogP contribution in [-0.4, -0.2) is 24.1 Å². The van der Waals surface area contributed by atoms with E-state index in [0.29, 0.717) is 6.04 Å². The number of rotatable bonds is 8. The second kappa shape index (κ2) is 8.84. The highest BCUT2D eigenvalue weighted by atomic mass is 35.5. The molecule has 0 spiro atoms. The van der Waals surface area contributed by atoms with Gasteiger partial charge in [-0.25, -0.2) is 0 Å². The van der Waals surface area contributed by atoms with Crippen molar-refractivity contribution in [3.05, 3.63) is 34.9 Å². The molecule has 1 unspecified atom stereocenters. The summed E-state index contributed by atoms with van der Waals surface area (Å²) in [6.45, 7) is 5.49. The summed E-state index contributed by atoms with van der Waals surface area (Å²) in [5.74, 6) is 2.33. The molecule has 3 heteroatoms. The Bertz CT molecular complexity index is 309. The second-order valence-electron chi connectivity index (χ2n) is 4.11. The van der Waals surface area contributed by atoms with Gasteiger partial charge in [-0.3, -0.25) is 0 Å². The van der Waals surface area contributed by atoms with Crippen molar-refractivity contribution in [3.63, 3.8) is 0 Å². The van der Waals surface area contributed by atoms with Crippen LogP contribution >= 0.6 is 23.4 Å². The molecule has 0 heterocycles. The number of nitrogens with one attached hydrogen (secondary N) is 1. The average molecular weight is 272 g/mol. The van der Waals surface area contributed by atoms with E-state index in [1.54, 1.807) is 0 Å². The third-order valence-electron chi connectivity index (χ3n) is 2.63. The van der Waals surface area contributed by atoms with Crippen molar-refractivity contribution in [1.82, 2.24) is 5.32 Å². The van der Waals surface area contributed by atoms with E-state index in [1.165, 1.54) is 17.7 Å². The molecule has 1 nitrogen and oxygen atoms in total. The molecule has 1 atom stereocenters. The zero-order valence-corrected chi connectivity index (χ0v) is 12.3. The molecule has 0 bridgehead atoms. The largest absolute Gasteiger partial charge is 0.313 e. The van der Waals surface area contributed by atoms with E-state index >= 15 is 0 Å². The van der Waals surface area contributed by atoms with E-state index in [9.17, 15) is 0 Å². The Morgan fingerprint density at radius 2 is 2.06 bits per heavy atom. The maximum Gasteiger partial charge on any atom is 0.0438 e. The van der Waals surface area contributed by atoms with Gasteiger partial charge in [0.1, 0.15) is 0 Å². The van der Waals surface area contributed by atoms with Crippen LogP contribution in [-0.2, 0) is 6.42 Å². The minimum atomic E-state index is 0.528. The summed E-state index contributed by atoms with van der Waals surface area (Å²) in [5.41, 5.74) is 1.25. The first-order valence-corrected chi connectivity index (χ1v) is 7.85. The molecular formula is C14H22ClNS. The maximum atomic E-state index is 6.20. The first-order valence-electron chi connectivity index (χ1n) is 6.32. The Kier molecular flexibility index (Phi) is 7.74. The number of thioether (sulfide) groups is 1. The van der Waals surface area contributed by atoms with Gasteiger partial charge in [0.05, 0.1) is 0 Å². The molecule has 96 valence electrons. The fourth-order valence-corrected chi connectivity index (χ4v) is 2.70. The first-order chi connectivity index (χ1) is 8.27. The summed E-state index contributed by atoms with van der Waals surface area (Å²) in [7, 11) is 0. The molecule has 0 fully saturated rings. The Morgan fingerprint density at radius 3 is 2.71 bits per heavy atom. The number of hydrogen-bond acceptors (Lipinski definition) is 2. The molecular weight excluding hydrogens is 250 g/mol. The molecule has 1 N–H and O–H groups in total. The van der Waals surface area contributed by atoms with Gasteiger partial charge in [-0.2, -0.15) is 11.8 Å². The predicted octanol–water partition coefficient (Wildman–Crippen LogP) is 4.00. The predicted molar refractivity (Wildman–Crippen MR) is 80.2 cm³/mol. The zero-order valence-electron chi connectivity index (χ0n) is 10.7. The van der Waals surface area contributed by atoms with E-state index in [0.717, 1.165) is 23.7 Å². The van der Waals surface area contributed by atoms with Crippen molar-refractivity contribution < 1.29 is 0 Å². The number of halogens is 1. The van der Waals surface area contributed by atoms with Crippen molar-refractivity contribution in [2.24, 2.45) is 0 Å². The van der Waals surface area contributed by atoms with Crippen LogP contribution in [0.1, 0.15) is 25.8 Å². The van der Waals surface area contributed by atoms with Gasteiger partial charge in [0, 0.05) is 16.8 Å². The normalized spacial score (nSPS) is 12.6. The standard InChI is InChI=1S/C14H22ClNS/c1-3-9-16-13(11-17-4-2)10-12-7-5-6-8-14(12)15/h5-8,13,16H,3-4,9-11H2,1-2H3. The second-order valence-corrected chi connectivity index (χ2v) is 5.83. The molecule has 0 amide bonds. The van der Waals surface area contributed by atoms with E-state index in [-0.39, 0.29) is 0 Å². The highest BCUT2D eigenvalue weighted by molar-refractivity contribution is 7.99. The van der Waals surface area contributed by atoms with Crippen LogP contribution in [0.5, 0.6) is 0 Å². The molecule has 17 heavy (non-hydrogen) atoms. The molecule has 0 aliphatic rings. The fraction of sp³-hybridized carbons (Fsp3) is 0.571. The van der Waals surface area contributed by atoms with Crippen LogP contribution < -0.4 is 5.32 Å². The molecule has 0 aliphatic heterocycles. The minimum Gasteiger partial charge on any atom is -0.313 e. The molecule has 0 radical (unpaired) electrons. The Hall–Kier alpha value is -0.180. The zero-order chi connectivity index (χ0) is 12.5. The number of benzene rings is 1. The summed E-state index contributed by atoms with van der Waals surface area (Å²) in [4.78, 5) is 0. The van der Waals surface area contributed by atoms with Crippen molar-refractivity contribution in [2.45, 2.75) is 32.7 Å². The van der Waals surface area contributed by atoms with E-state index < -0.39 is 0 Å². The Labute approximate surface area is 114 Å². The molecule has 0 saturated carbocycles. The SMILES string of the molecule is CCCNC(CSCC)Cc1ccccc1Cl.